The number of nitrogens with one attached hydrogen (secondary N) is 2. The van der Waals surface area contributed by atoms with E-state index in [0.29, 0.717) is 25.9 Å². The van der Waals surface area contributed by atoms with Crippen LogP contribution in [0.4, 0.5) is 0 Å². The normalized spacial score (nSPS) is 23.6. The highest BCUT2D eigenvalue weighted by Crippen LogP contribution is 2.23. The third kappa shape index (κ3) is 5.11. The Morgan fingerprint density at radius 2 is 1.33 bits per heavy atom. The van der Waals surface area contributed by atoms with Gasteiger partial charge in [-0.25, -0.2) is 0 Å². The predicted octanol–water partition coefficient (Wildman–Crippen LogP) is -0.161. The third-order valence-electron chi connectivity index (χ3n) is 6.16. The van der Waals surface area contributed by atoms with E-state index in [1.807, 2.05) is 27.7 Å². The Morgan fingerprint density at radius 1 is 0.833 bits per heavy atom. The molecule has 0 aromatic rings. The lowest BCUT2D eigenvalue weighted by atomic mass is 10.0. The first-order valence-corrected chi connectivity index (χ1v) is 11.0. The van der Waals surface area contributed by atoms with E-state index < -0.39 is 24.2 Å². The molecule has 0 bridgehead atoms. The first-order chi connectivity index (χ1) is 14.1. The monoisotopic (exact) mass is 423 g/mol. The number of likely N-dealkylation sites (N-methyl/N-ethyl adjacent to an activating group) is 1. The van der Waals surface area contributed by atoms with Crippen molar-refractivity contribution in [1.82, 2.24) is 20.4 Å². The highest BCUT2D eigenvalue weighted by atomic mass is 16.2. The zero-order valence-corrected chi connectivity index (χ0v) is 18.8. The molecular formula is C21H37N5O4. The third-order valence-corrected chi connectivity index (χ3v) is 6.16. The van der Waals surface area contributed by atoms with Crippen LogP contribution in [0.5, 0.6) is 0 Å². The van der Waals surface area contributed by atoms with Crippen LogP contribution in [0.1, 0.15) is 53.4 Å². The van der Waals surface area contributed by atoms with Gasteiger partial charge in [0.2, 0.25) is 23.6 Å². The van der Waals surface area contributed by atoms with E-state index >= 15 is 0 Å². The molecule has 2 fully saturated rings. The highest BCUT2D eigenvalue weighted by Gasteiger charge is 2.41. The number of hydrogen-bond donors (Lipinski definition) is 3. The Bertz CT molecular complexity index is 666. The fraction of sp³-hybridized carbons (Fsp3) is 0.810. The molecule has 4 atom stereocenters. The molecule has 2 aliphatic rings. The van der Waals surface area contributed by atoms with E-state index in [4.69, 9.17) is 5.73 Å². The first kappa shape index (κ1) is 24.1. The topological polar surface area (TPSA) is 125 Å². The van der Waals surface area contributed by atoms with Gasteiger partial charge in [-0.3, -0.25) is 19.2 Å². The van der Waals surface area contributed by atoms with E-state index in [1.165, 1.54) is 0 Å². The molecule has 2 heterocycles. The molecule has 0 saturated carbocycles. The zero-order chi connectivity index (χ0) is 22.6. The molecule has 4 N–H and O–H groups in total. The molecule has 9 nitrogen and oxygen atoms in total. The summed E-state index contributed by atoms with van der Waals surface area (Å²) in [4.78, 5) is 54.2. The fourth-order valence-electron chi connectivity index (χ4n) is 4.19. The molecule has 2 saturated heterocycles. The van der Waals surface area contributed by atoms with Crippen molar-refractivity contribution in [1.29, 1.82) is 0 Å². The van der Waals surface area contributed by atoms with Crippen molar-refractivity contribution in [3.63, 3.8) is 0 Å². The lowest BCUT2D eigenvalue weighted by Crippen LogP contribution is -2.58. The van der Waals surface area contributed by atoms with E-state index in [0.717, 1.165) is 12.8 Å². The van der Waals surface area contributed by atoms with Crippen LogP contribution in [0.2, 0.25) is 0 Å². The Morgan fingerprint density at radius 3 is 1.80 bits per heavy atom. The second kappa shape index (κ2) is 10.2. The Kier molecular flexibility index (Phi) is 8.23. The molecule has 9 heteroatoms. The van der Waals surface area contributed by atoms with Crippen LogP contribution in [0.25, 0.3) is 0 Å². The summed E-state index contributed by atoms with van der Waals surface area (Å²) in [6.07, 6.45) is 2.63. The molecule has 2 aliphatic heterocycles. The van der Waals surface area contributed by atoms with Crippen LogP contribution in [-0.2, 0) is 19.2 Å². The van der Waals surface area contributed by atoms with Gasteiger partial charge in [0.05, 0.1) is 6.04 Å². The minimum atomic E-state index is -0.751. The molecule has 2 rings (SSSR count). The number of carbonyl (C=O) groups excluding carboxylic acids is 4. The van der Waals surface area contributed by atoms with Crippen LogP contribution in [0, 0.1) is 11.8 Å². The minimum absolute atomic E-state index is 0.0244. The predicted molar refractivity (Wildman–Crippen MR) is 113 cm³/mol. The van der Waals surface area contributed by atoms with Crippen LogP contribution < -0.4 is 16.4 Å². The molecule has 0 radical (unpaired) electrons. The van der Waals surface area contributed by atoms with Crippen molar-refractivity contribution in [2.75, 3.05) is 20.1 Å². The molecule has 0 aromatic carbocycles. The first-order valence-electron chi connectivity index (χ1n) is 11.0. The molecule has 4 amide bonds. The number of hydrogen-bond acceptors (Lipinski definition) is 5. The summed E-state index contributed by atoms with van der Waals surface area (Å²) < 4.78 is 0. The number of nitrogens with zero attached hydrogens (tertiary/aromatic N) is 2. The summed E-state index contributed by atoms with van der Waals surface area (Å²) in [6, 6.07) is -2.53. The van der Waals surface area contributed by atoms with E-state index in [-0.39, 0.29) is 35.5 Å². The zero-order valence-electron chi connectivity index (χ0n) is 18.8. The standard InChI is InChI=1S/C21H37N5O4/c1-12(2)16(22)20(29)25-10-7-9-15(25)19(28)24-17(13(3)4)21(30)26-11-6-8-14(26)18(27)23-5/h12-17H,6-11,22H2,1-5H3,(H,23,27)(H,24,28). The number of likely N-dealkylation sites (tertiary alicyclic amines) is 2. The highest BCUT2D eigenvalue weighted by molar-refractivity contribution is 5.95. The molecule has 4 unspecified atom stereocenters. The molecule has 30 heavy (non-hydrogen) atoms. The Hall–Kier alpha value is -2.16. The van der Waals surface area contributed by atoms with Crippen molar-refractivity contribution in [2.24, 2.45) is 17.6 Å². The largest absolute Gasteiger partial charge is 0.357 e. The minimum Gasteiger partial charge on any atom is -0.357 e. The van der Waals surface area contributed by atoms with Crippen molar-refractivity contribution >= 4 is 23.6 Å². The van der Waals surface area contributed by atoms with Crippen molar-refractivity contribution < 1.29 is 19.2 Å². The Labute approximate surface area is 179 Å². The fourth-order valence-corrected chi connectivity index (χ4v) is 4.19. The summed E-state index contributed by atoms with van der Waals surface area (Å²) in [5.41, 5.74) is 6.02. The van der Waals surface area contributed by atoms with Crippen molar-refractivity contribution in [2.45, 2.75) is 77.5 Å². The van der Waals surface area contributed by atoms with Crippen LogP contribution in [0.15, 0.2) is 0 Å². The molecule has 170 valence electrons. The summed E-state index contributed by atoms with van der Waals surface area (Å²) >= 11 is 0. The maximum absolute atomic E-state index is 13.2. The van der Waals surface area contributed by atoms with Gasteiger partial charge in [-0.05, 0) is 37.5 Å². The van der Waals surface area contributed by atoms with Gasteiger partial charge in [-0.1, -0.05) is 27.7 Å². The van der Waals surface area contributed by atoms with E-state index in [1.54, 1.807) is 16.8 Å². The lowest BCUT2D eigenvalue weighted by Gasteiger charge is -2.32. The second-order valence-electron chi connectivity index (χ2n) is 8.99. The van der Waals surface area contributed by atoms with E-state index in [2.05, 4.69) is 10.6 Å². The van der Waals surface area contributed by atoms with Gasteiger partial charge in [-0.15, -0.1) is 0 Å². The number of carbonyl (C=O) groups is 4. The van der Waals surface area contributed by atoms with Gasteiger partial charge in [0.15, 0.2) is 0 Å². The average Bonchev–Trinajstić information content (AvgIpc) is 3.38. The smallest absolute Gasteiger partial charge is 0.246 e. The van der Waals surface area contributed by atoms with Gasteiger partial charge in [0, 0.05) is 20.1 Å². The maximum Gasteiger partial charge on any atom is 0.246 e. The van der Waals surface area contributed by atoms with Crippen molar-refractivity contribution in [3.05, 3.63) is 0 Å². The van der Waals surface area contributed by atoms with Gasteiger partial charge in [0.1, 0.15) is 18.1 Å². The molecule has 0 spiro atoms. The average molecular weight is 424 g/mol. The van der Waals surface area contributed by atoms with Gasteiger partial charge >= 0.3 is 0 Å². The molecular weight excluding hydrogens is 386 g/mol. The maximum atomic E-state index is 13.2. The summed E-state index contributed by atoms with van der Waals surface area (Å²) in [6.45, 7) is 8.45. The van der Waals surface area contributed by atoms with E-state index in [9.17, 15) is 19.2 Å². The summed E-state index contributed by atoms with van der Waals surface area (Å²) in [7, 11) is 1.55. The van der Waals surface area contributed by atoms with Gasteiger partial charge in [0.25, 0.3) is 0 Å². The Balaban J connectivity index is 2.12. The number of rotatable bonds is 7. The van der Waals surface area contributed by atoms with Crippen LogP contribution in [-0.4, -0.2) is 77.7 Å². The van der Waals surface area contributed by atoms with Crippen molar-refractivity contribution in [3.8, 4) is 0 Å². The van der Waals surface area contributed by atoms with Crippen LogP contribution in [0.3, 0.4) is 0 Å². The number of nitrogens with two attached hydrogens (primary N) is 1. The molecule has 0 aliphatic carbocycles. The number of amides is 4. The summed E-state index contributed by atoms with van der Waals surface area (Å²) in [5, 5.41) is 5.48. The SMILES string of the molecule is CNC(=O)C1CCCN1C(=O)C(NC(=O)C1CCCN1C(=O)C(N)C(C)C)C(C)C. The second-order valence-corrected chi connectivity index (χ2v) is 8.99. The van der Waals surface area contributed by atoms with Gasteiger partial charge < -0.3 is 26.2 Å². The van der Waals surface area contributed by atoms with Gasteiger partial charge in [-0.2, -0.15) is 0 Å². The lowest BCUT2D eigenvalue weighted by molar-refractivity contribution is -0.144. The molecule has 0 aromatic heterocycles. The summed E-state index contributed by atoms with van der Waals surface area (Å²) in [5.74, 6) is -1.18. The van der Waals surface area contributed by atoms with Crippen LogP contribution >= 0.6 is 0 Å². The quantitative estimate of drug-likeness (QED) is 0.525.